The number of carbonyl (C=O) groups excluding carboxylic acids is 1. The van der Waals surface area contributed by atoms with Crippen LogP contribution in [0.15, 0.2) is 59.5 Å². The van der Waals surface area contributed by atoms with Gasteiger partial charge in [-0.25, -0.2) is 8.42 Å². The van der Waals surface area contributed by atoms with Crippen molar-refractivity contribution in [2.24, 2.45) is 0 Å². The van der Waals surface area contributed by atoms with Crippen molar-refractivity contribution in [1.82, 2.24) is 4.31 Å². The lowest BCUT2D eigenvalue weighted by atomic mass is 10.1. The molecular weight excluding hydrogens is 492 g/mol. The Hall–Kier alpha value is -3.27. The number of halogens is 1. The summed E-state index contributed by atoms with van der Waals surface area (Å²) in [6, 6.07) is 14.5. The third kappa shape index (κ3) is 5.87. The van der Waals surface area contributed by atoms with Crippen LogP contribution in [0.2, 0.25) is 5.02 Å². The minimum absolute atomic E-state index is 0.00140. The van der Waals surface area contributed by atoms with E-state index in [-0.39, 0.29) is 11.4 Å². The summed E-state index contributed by atoms with van der Waals surface area (Å²) in [6.07, 6.45) is 0. The lowest BCUT2D eigenvalue weighted by Crippen LogP contribution is -2.27. The molecule has 186 valence electrons. The Bertz CT molecular complexity index is 1330. The van der Waals surface area contributed by atoms with Crippen LogP contribution in [0.1, 0.15) is 21.5 Å². The van der Waals surface area contributed by atoms with Gasteiger partial charge in [0.05, 0.1) is 36.9 Å². The maximum Gasteiger partial charge on any atom is 0.255 e. The van der Waals surface area contributed by atoms with Crippen LogP contribution in [0, 0.1) is 6.92 Å². The molecule has 35 heavy (non-hydrogen) atoms. The van der Waals surface area contributed by atoms with Crippen molar-refractivity contribution in [3.8, 4) is 17.2 Å². The predicted octanol–water partition coefficient (Wildman–Crippen LogP) is 4.75. The maximum atomic E-state index is 13.0. The largest absolute Gasteiger partial charge is 0.496 e. The molecule has 8 nitrogen and oxygen atoms in total. The molecule has 0 atom stereocenters. The Kier molecular flexibility index (Phi) is 8.26. The van der Waals surface area contributed by atoms with E-state index in [1.165, 1.54) is 32.7 Å². The molecule has 0 aliphatic rings. The first-order valence-corrected chi connectivity index (χ1v) is 12.3. The quantitative estimate of drug-likeness (QED) is 0.439. The van der Waals surface area contributed by atoms with Crippen molar-refractivity contribution in [2.75, 3.05) is 33.7 Å². The number of hydrogen-bond acceptors (Lipinski definition) is 6. The maximum absolute atomic E-state index is 13.0. The monoisotopic (exact) mass is 518 g/mol. The summed E-state index contributed by atoms with van der Waals surface area (Å²) in [6.45, 7) is 1.88. The molecule has 0 aromatic heterocycles. The van der Waals surface area contributed by atoms with Crippen LogP contribution in [-0.4, -0.2) is 47.0 Å². The topological polar surface area (TPSA) is 94.2 Å². The second-order valence-electron chi connectivity index (χ2n) is 7.74. The van der Waals surface area contributed by atoms with Gasteiger partial charge in [-0.2, -0.15) is 4.31 Å². The minimum atomic E-state index is -3.75. The molecule has 0 aliphatic heterocycles. The second kappa shape index (κ2) is 11.0. The van der Waals surface area contributed by atoms with Gasteiger partial charge >= 0.3 is 0 Å². The predicted molar refractivity (Wildman–Crippen MR) is 135 cm³/mol. The van der Waals surface area contributed by atoms with E-state index in [0.29, 0.717) is 39.1 Å². The number of methoxy groups -OCH3 is 3. The number of nitrogens with zero attached hydrogens (tertiary/aromatic N) is 1. The number of ether oxygens (including phenoxy) is 3. The zero-order valence-electron chi connectivity index (χ0n) is 20.1. The number of sulfonamides is 1. The number of carbonyl (C=O) groups is 1. The molecule has 0 spiro atoms. The third-order valence-corrected chi connectivity index (χ3v) is 7.50. The number of aryl methyl sites for hydroxylation is 1. The molecule has 3 rings (SSSR count). The molecule has 0 aliphatic carbocycles. The SMILES string of the molecule is COc1cc(NC(=O)c2ccc(OC)c(CN(C)S(=O)(=O)c3ccc(C)cc3)c2)c(OC)cc1Cl. The molecule has 0 heterocycles. The zero-order valence-corrected chi connectivity index (χ0v) is 21.7. The highest BCUT2D eigenvalue weighted by atomic mass is 35.5. The Labute approximate surface area is 210 Å². The highest BCUT2D eigenvalue weighted by molar-refractivity contribution is 7.89. The van der Waals surface area contributed by atoms with Crippen molar-refractivity contribution < 1.29 is 27.4 Å². The van der Waals surface area contributed by atoms with Crippen LogP contribution >= 0.6 is 11.6 Å². The Morgan fingerprint density at radius 1 is 0.914 bits per heavy atom. The fourth-order valence-corrected chi connectivity index (χ4v) is 4.79. The van der Waals surface area contributed by atoms with E-state index < -0.39 is 15.9 Å². The summed E-state index contributed by atoms with van der Waals surface area (Å²) in [7, 11) is 2.15. The van der Waals surface area contributed by atoms with Gasteiger partial charge in [-0.3, -0.25) is 4.79 Å². The summed E-state index contributed by atoms with van der Waals surface area (Å²) in [5, 5.41) is 3.12. The Morgan fingerprint density at radius 2 is 1.54 bits per heavy atom. The molecule has 0 saturated heterocycles. The average molecular weight is 519 g/mol. The standard InChI is InChI=1S/C25H27ClN2O6S/c1-16-6-9-19(10-7-16)35(30,31)28(2)15-18-12-17(8-11-22(18)32-3)25(29)27-21-14-23(33-4)20(26)13-24(21)34-5/h6-14H,15H2,1-5H3,(H,27,29). The van der Waals surface area contributed by atoms with Crippen molar-refractivity contribution in [3.63, 3.8) is 0 Å². The van der Waals surface area contributed by atoms with E-state index in [0.717, 1.165) is 5.56 Å². The van der Waals surface area contributed by atoms with Crippen LogP contribution in [0.5, 0.6) is 17.2 Å². The van der Waals surface area contributed by atoms with Gasteiger partial charge in [0.1, 0.15) is 17.2 Å². The van der Waals surface area contributed by atoms with Gasteiger partial charge in [0.2, 0.25) is 10.0 Å². The molecule has 1 N–H and O–H groups in total. The molecule has 0 radical (unpaired) electrons. The van der Waals surface area contributed by atoms with Gasteiger partial charge in [-0.1, -0.05) is 29.3 Å². The fourth-order valence-electron chi connectivity index (χ4n) is 3.41. The van der Waals surface area contributed by atoms with Crippen molar-refractivity contribution in [3.05, 3.63) is 76.3 Å². The molecule has 10 heteroatoms. The fraction of sp³-hybridized carbons (Fsp3) is 0.240. The molecule has 0 fully saturated rings. The number of nitrogens with one attached hydrogen (secondary N) is 1. The smallest absolute Gasteiger partial charge is 0.255 e. The van der Waals surface area contributed by atoms with E-state index in [4.69, 9.17) is 25.8 Å². The summed E-state index contributed by atoms with van der Waals surface area (Å²) >= 11 is 6.14. The number of hydrogen-bond donors (Lipinski definition) is 1. The molecule has 3 aromatic carbocycles. The van der Waals surface area contributed by atoms with Gasteiger partial charge in [-0.05, 0) is 37.3 Å². The molecule has 1 amide bonds. The second-order valence-corrected chi connectivity index (χ2v) is 10.2. The number of benzene rings is 3. The van der Waals surface area contributed by atoms with Crippen LogP contribution in [0.4, 0.5) is 5.69 Å². The van der Waals surface area contributed by atoms with Crippen LogP contribution in [0.3, 0.4) is 0 Å². The number of amides is 1. The van der Waals surface area contributed by atoms with Gasteiger partial charge in [0, 0.05) is 36.9 Å². The lowest BCUT2D eigenvalue weighted by molar-refractivity contribution is 0.102. The molecule has 0 bridgehead atoms. The van der Waals surface area contributed by atoms with Crippen LogP contribution in [-0.2, 0) is 16.6 Å². The van der Waals surface area contributed by atoms with Gasteiger partial charge in [-0.15, -0.1) is 0 Å². The van der Waals surface area contributed by atoms with E-state index in [1.807, 2.05) is 6.92 Å². The average Bonchev–Trinajstić information content (AvgIpc) is 2.84. The lowest BCUT2D eigenvalue weighted by Gasteiger charge is -2.19. The Balaban J connectivity index is 1.89. The summed E-state index contributed by atoms with van der Waals surface area (Å²) in [4.78, 5) is 13.2. The highest BCUT2D eigenvalue weighted by Gasteiger charge is 2.23. The normalized spacial score (nSPS) is 11.3. The van der Waals surface area contributed by atoms with Gasteiger partial charge < -0.3 is 19.5 Å². The van der Waals surface area contributed by atoms with Crippen LogP contribution < -0.4 is 19.5 Å². The Morgan fingerprint density at radius 3 is 2.14 bits per heavy atom. The van der Waals surface area contributed by atoms with Crippen molar-refractivity contribution >= 4 is 33.2 Å². The molecule has 0 saturated carbocycles. The van der Waals surface area contributed by atoms with E-state index >= 15 is 0 Å². The van der Waals surface area contributed by atoms with Crippen LogP contribution in [0.25, 0.3) is 0 Å². The first-order chi connectivity index (χ1) is 16.6. The summed E-state index contributed by atoms with van der Waals surface area (Å²) < 4.78 is 43.2. The summed E-state index contributed by atoms with van der Waals surface area (Å²) in [5.41, 5.74) is 2.16. The van der Waals surface area contributed by atoms with E-state index in [1.54, 1.807) is 54.6 Å². The number of rotatable bonds is 9. The zero-order chi connectivity index (χ0) is 25.8. The highest BCUT2D eigenvalue weighted by Crippen LogP contribution is 2.36. The first-order valence-electron chi connectivity index (χ1n) is 10.5. The molecular formula is C25H27ClN2O6S. The molecule has 0 unspecified atom stereocenters. The number of anilines is 1. The third-order valence-electron chi connectivity index (χ3n) is 5.39. The van der Waals surface area contributed by atoms with E-state index in [9.17, 15) is 13.2 Å². The van der Waals surface area contributed by atoms with Crippen molar-refractivity contribution in [2.45, 2.75) is 18.4 Å². The van der Waals surface area contributed by atoms with Gasteiger partial charge in [0.25, 0.3) is 5.91 Å². The van der Waals surface area contributed by atoms with E-state index in [2.05, 4.69) is 5.32 Å². The minimum Gasteiger partial charge on any atom is -0.496 e. The summed E-state index contributed by atoms with van der Waals surface area (Å²) in [5.74, 6) is 0.766. The van der Waals surface area contributed by atoms with Crippen molar-refractivity contribution in [1.29, 1.82) is 0 Å². The first kappa shape index (κ1) is 26.3. The molecule has 3 aromatic rings. The van der Waals surface area contributed by atoms with Gasteiger partial charge in [0.15, 0.2) is 0 Å².